The maximum absolute atomic E-state index is 11.3. The van der Waals surface area contributed by atoms with E-state index in [1.807, 2.05) is 12.1 Å². The highest BCUT2D eigenvalue weighted by atomic mass is 35.5. The third kappa shape index (κ3) is 4.02. The van der Waals surface area contributed by atoms with E-state index in [9.17, 15) is 4.79 Å². The summed E-state index contributed by atoms with van der Waals surface area (Å²) in [5, 5.41) is 6.95. The molecule has 1 amide bonds. The molecule has 1 aromatic carbocycles. The van der Waals surface area contributed by atoms with Crippen molar-refractivity contribution < 1.29 is 9.53 Å². The van der Waals surface area contributed by atoms with Gasteiger partial charge in [0, 0.05) is 35.9 Å². The molecule has 0 spiro atoms. The molecule has 1 aromatic rings. The summed E-state index contributed by atoms with van der Waals surface area (Å²) in [6.45, 7) is 5.39. The van der Waals surface area contributed by atoms with Crippen LogP contribution in [0.3, 0.4) is 0 Å². The van der Waals surface area contributed by atoms with Gasteiger partial charge >= 0.3 is 6.09 Å². The second kappa shape index (κ2) is 7.52. The van der Waals surface area contributed by atoms with Crippen molar-refractivity contribution in [2.75, 3.05) is 31.6 Å². The summed E-state index contributed by atoms with van der Waals surface area (Å²) >= 11 is 6.33. The molecule has 21 heavy (non-hydrogen) atoms. The average molecular weight is 312 g/mol. The molecule has 1 saturated heterocycles. The molecule has 116 valence electrons. The van der Waals surface area contributed by atoms with Gasteiger partial charge in [0.15, 0.2) is 0 Å². The van der Waals surface area contributed by atoms with E-state index in [2.05, 4.69) is 33.3 Å². The standard InChI is InChI=1S/C15H22ClN3O2/c1-3-17-9-12-13(16)5-4-6-14(12)19-8-7-11(10-19)18-15(20)21-2/h4-6,11,17H,3,7-10H2,1-2H3,(H,18,20). The topological polar surface area (TPSA) is 53.6 Å². The van der Waals surface area contributed by atoms with Crippen molar-refractivity contribution in [2.45, 2.75) is 25.9 Å². The number of hydrogen-bond acceptors (Lipinski definition) is 4. The predicted molar refractivity (Wildman–Crippen MR) is 85.0 cm³/mol. The smallest absolute Gasteiger partial charge is 0.407 e. The molecule has 2 N–H and O–H groups in total. The van der Waals surface area contributed by atoms with Crippen LogP contribution in [0.4, 0.5) is 10.5 Å². The number of halogens is 1. The Labute approximate surface area is 130 Å². The monoisotopic (exact) mass is 311 g/mol. The minimum absolute atomic E-state index is 0.114. The van der Waals surface area contributed by atoms with Crippen LogP contribution in [0, 0.1) is 0 Å². The van der Waals surface area contributed by atoms with Gasteiger partial charge in [0.2, 0.25) is 0 Å². The van der Waals surface area contributed by atoms with Crippen LogP contribution in [0.25, 0.3) is 0 Å². The number of rotatable bonds is 5. The Balaban J connectivity index is 2.08. The Kier molecular flexibility index (Phi) is 5.70. The van der Waals surface area contributed by atoms with Gasteiger partial charge in [-0.05, 0) is 25.1 Å². The first-order valence-electron chi connectivity index (χ1n) is 7.23. The molecule has 0 bridgehead atoms. The lowest BCUT2D eigenvalue weighted by molar-refractivity contribution is 0.167. The van der Waals surface area contributed by atoms with Gasteiger partial charge in [0.1, 0.15) is 0 Å². The molecule has 2 rings (SSSR count). The number of nitrogens with one attached hydrogen (secondary N) is 2. The molecule has 1 aliphatic heterocycles. The minimum Gasteiger partial charge on any atom is -0.453 e. The van der Waals surface area contributed by atoms with Gasteiger partial charge in [0.05, 0.1) is 13.2 Å². The number of amides is 1. The van der Waals surface area contributed by atoms with Crippen LogP contribution < -0.4 is 15.5 Å². The molecule has 6 heteroatoms. The van der Waals surface area contributed by atoms with Crippen LogP contribution in [0.15, 0.2) is 18.2 Å². The SMILES string of the molecule is CCNCc1c(Cl)cccc1N1CCC(NC(=O)OC)C1. The van der Waals surface area contributed by atoms with Crippen molar-refractivity contribution in [3.63, 3.8) is 0 Å². The van der Waals surface area contributed by atoms with E-state index in [1.54, 1.807) is 0 Å². The molecule has 5 nitrogen and oxygen atoms in total. The Morgan fingerprint density at radius 2 is 2.33 bits per heavy atom. The van der Waals surface area contributed by atoms with E-state index in [4.69, 9.17) is 11.6 Å². The molecule has 0 radical (unpaired) electrons. The predicted octanol–water partition coefficient (Wildman–Crippen LogP) is 2.38. The molecule has 0 aliphatic carbocycles. The Bertz CT molecular complexity index is 496. The lowest BCUT2D eigenvalue weighted by atomic mass is 10.1. The van der Waals surface area contributed by atoms with Gasteiger partial charge in [-0.25, -0.2) is 4.79 Å². The van der Waals surface area contributed by atoms with Gasteiger partial charge in [-0.1, -0.05) is 24.6 Å². The summed E-state index contributed by atoms with van der Waals surface area (Å²) in [5.74, 6) is 0. The fourth-order valence-corrected chi connectivity index (χ4v) is 2.83. The minimum atomic E-state index is -0.374. The van der Waals surface area contributed by atoms with Crippen LogP contribution in [0.1, 0.15) is 18.9 Å². The van der Waals surface area contributed by atoms with Crippen molar-refractivity contribution >= 4 is 23.4 Å². The van der Waals surface area contributed by atoms with Crippen LogP contribution in [0.2, 0.25) is 5.02 Å². The number of hydrogen-bond donors (Lipinski definition) is 2. The van der Waals surface area contributed by atoms with Gasteiger partial charge in [-0.15, -0.1) is 0 Å². The second-order valence-electron chi connectivity index (χ2n) is 5.09. The largest absolute Gasteiger partial charge is 0.453 e. The summed E-state index contributed by atoms with van der Waals surface area (Å²) in [7, 11) is 1.38. The molecule has 1 fully saturated rings. The lowest BCUT2D eigenvalue weighted by Gasteiger charge is -2.23. The Morgan fingerprint density at radius 1 is 1.52 bits per heavy atom. The van der Waals surface area contributed by atoms with Crippen LogP contribution in [-0.2, 0) is 11.3 Å². The number of benzene rings is 1. The number of alkyl carbamates (subject to hydrolysis) is 1. The maximum Gasteiger partial charge on any atom is 0.407 e. The number of anilines is 1. The highest BCUT2D eigenvalue weighted by molar-refractivity contribution is 6.31. The van der Waals surface area contributed by atoms with Crippen molar-refractivity contribution in [1.82, 2.24) is 10.6 Å². The number of carbonyl (C=O) groups is 1. The fraction of sp³-hybridized carbons (Fsp3) is 0.533. The number of ether oxygens (including phenoxy) is 1. The average Bonchev–Trinajstić information content (AvgIpc) is 2.94. The highest BCUT2D eigenvalue weighted by Crippen LogP contribution is 2.30. The number of methoxy groups -OCH3 is 1. The van der Waals surface area contributed by atoms with Crippen molar-refractivity contribution in [2.24, 2.45) is 0 Å². The quantitative estimate of drug-likeness (QED) is 0.876. The summed E-state index contributed by atoms with van der Waals surface area (Å²) in [6.07, 6.45) is 0.531. The molecular weight excluding hydrogens is 290 g/mol. The Hall–Kier alpha value is -1.46. The van der Waals surface area contributed by atoms with E-state index in [1.165, 1.54) is 7.11 Å². The first-order valence-corrected chi connectivity index (χ1v) is 7.61. The van der Waals surface area contributed by atoms with Crippen molar-refractivity contribution in [3.05, 3.63) is 28.8 Å². The molecule has 0 aromatic heterocycles. The van der Waals surface area contributed by atoms with E-state index < -0.39 is 0 Å². The highest BCUT2D eigenvalue weighted by Gasteiger charge is 2.26. The van der Waals surface area contributed by atoms with Crippen molar-refractivity contribution in [3.8, 4) is 0 Å². The molecular formula is C15H22ClN3O2. The van der Waals surface area contributed by atoms with E-state index in [0.29, 0.717) is 0 Å². The zero-order valence-corrected chi connectivity index (χ0v) is 13.2. The van der Waals surface area contributed by atoms with Gasteiger partial charge in [-0.2, -0.15) is 0 Å². The first kappa shape index (κ1) is 15.9. The van der Waals surface area contributed by atoms with Gasteiger partial charge in [0.25, 0.3) is 0 Å². The van der Waals surface area contributed by atoms with Gasteiger partial charge < -0.3 is 20.3 Å². The summed E-state index contributed by atoms with van der Waals surface area (Å²) in [5.41, 5.74) is 2.25. The first-order chi connectivity index (χ1) is 10.2. The lowest BCUT2D eigenvalue weighted by Crippen LogP contribution is -2.37. The maximum atomic E-state index is 11.3. The van der Waals surface area contributed by atoms with E-state index >= 15 is 0 Å². The molecule has 1 heterocycles. The van der Waals surface area contributed by atoms with Crippen LogP contribution in [0.5, 0.6) is 0 Å². The summed E-state index contributed by atoms with van der Waals surface area (Å²) < 4.78 is 4.65. The van der Waals surface area contributed by atoms with E-state index in [0.717, 1.165) is 48.9 Å². The summed E-state index contributed by atoms with van der Waals surface area (Å²) in [6, 6.07) is 6.08. The normalized spacial score (nSPS) is 17.9. The zero-order valence-electron chi connectivity index (χ0n) is 12.5. The van der Waals surface area contributed by atoms with E-state index in [-0.39, 0.29) is 12.1 Å². The van der Waals surface area contributed by atoms with Gasteiger partial charge in [-0.3, -0.25) is 0 Å². The fourth-order valence-electron chi connectivity index (χ4n) is 2.59. The number of nitrogens with zero attached hydrogens (tertiary/aromatic N) is 1. The number of carbonyl (C=O) groups excluding carboxylic acids is 1. The third-order valence-electron chi connectivity index (χ3n) is 3.68. The molecule has 1 aliphatic rings. The summed E-state index contributed by atoms with van der Waals surface area (Å²) in [4.78, 5) is 13.6. The second-order valence-corrected chi connectivity index (χ2v) is 5.49. The molecule has 1 unspecified atom stereocenters. The zero-order chi connectivity index (χ0) is 15.2. The van der Waals surface area contributed by atoms with Crippen molar-refractivity contribution in [1.29, 1.82) is 0 Å². The van der Waals surface area contributed by atoms with Crippen LogP contribution in [-0.4, -0.2) is 38.9 Å². The Morgan fingerprint density at radius 3 is 3.05 bits per heavy atom. The third-order valence-corrected chi connectivity index (χ3v) is 4.04. The van der Waals surface area contributed by atoms with Crippen LogP contribution >= 0.6 is 11.6 Å². The molecule has 1 atom stereocenters. The molecule has 0 saturated carbocycles.